The summed E-state index contributed by atoms with van der Waals surface area (Å²) in [6, 6.07) is -0.390. The summed E-state index contributed by atoms with van der Waals surface area (Å²) in [5.41, 5.74) is 0. The molecule has 0 aromatic rings. The Morgan fingerprint density at radius 1 is 1.42 bits per heavy atom. The highest BCUT2D eigenvalue weighted by atomic mass is 19.4. The molecule has 0 bridgehead atoms. The van der Waals surface area contributed by atoms with Crippen LogP contribution in [0.25, 0.3) is 0 Å². The second-order valence-electron chi connectivity index (χ2n) is 3.08. The molecular formula is C7H13F3N2. The van der Waals surface area contributed by atoms with Crippen LogP contribution in [0.2, 0.25) is 0 Å². The summed E-state index contributed by atoms with van der Waals surface area (Å²) >= 11 is 0. The van der Waals surface area contributed by atoms with E-state index in [0.717, 1.165) is 20.0 Å². The van der Waals surface area contributed by atoms with Crippen LogP contribution in [-0.4, -0.2) is 37.4 Å². The molecule has 0 aromatic carbocycles. The van der Waals surface area contributed by atoms with E-state index in [1.807, 2.05) is 0 Å². The minimum absolute atomic E-state index is 0.390. The topological polar surface area (TPSA) is 15.3 Å². The van der Waals surface area contributed by atoms with E-state index in [1.165, 1.54) is 0 Å². The van der Waals surface area contributed by atoms with Crippen molar-refractivity contribution in [3.63, 3.8) is 0 Å². The van der Waals surface area contributed by atoms with Gasteiger partial charge in [-0.1, -0.05) is 0 Å². The molecule has 1 unspecified atom stereocenters. The molecule has 1 aliphatic heterocycles. The molecule has 0 spiro atoms. The van der Waals surface area contributed by atoms with Crippen LogP contribution in [0.4, 0.5) is 13.2 Å². The number of nitrogens with zero attached hydrogens (tertiary/aromatic N) is 1. The smallest absolute Gasteiger partial charge is 0.315 e. The fraction of sp³-hybridized carbons (Fsp3) is 1.00. The van der Waals surface area contributed by atoms with Crippen molar-refractivity contribution in [2.45, 2.75) is 25.2 Å². The summed E-state index contributed by atoms with van der Waals surface area (Å²) < 4.78 is 36.4. The average Bonchev–Trinajstić information content (AvgIpc) is 2.03. The number of nitrogens with one attached hydrogen (secondary N) is 1. The standard InChI is InChI=1S/C7H13F3N2/c1-12(7(8,9)10)6-3-2-4-11-5-6/h6,11H,2-5H2,1H3. The fourth-order valence-electron chi connectivity index (χ4n) is 1.37. The maximum Gasteiger partial charge on any atom is 0.459 e. The van der Waals surface area contributed by atoms with Crippen molar-refractivity contribution in [2.24, 2.45) is 0 Å². The Balaban J connectivity index is 2.45. The van der Waals surface area contributed by atoms with Crippen molar-refractivity contribution in [3.8, 4) is 0 Å². The van der Waals surface area contributed by atoms with Gasteiger partial charge in [0.05, 0.1) is 0 Å². The van der Waals surface area contributed by atoms with Crippen LogP contribution in [0.3, 0.4) is 0 Å². The Bertz CT molecular complexity index is 140. The van der Waals surface area contributed by atoms with E-state index in [4.69, 9.17) is 0 Å². The SMILES string of the molecule is CN(C1CCCNC1)C(F)(F)F. The summed E-state index contributed by atoms with van der Waals surface area (Å²) in [7, 11) is 1.11. The normalized spacial score (nSPS) is 26.2. The number of rotatable bonds is 1. The summed E-state index contributed by atoms with van der Waals surface area (Å²) in [6.45, 7) is 1.28. The summed E-state index contributed by atoms with van der Waals surface area (Å²) in [5, 5.41) is 2.95. The van der Waals surface area contributed by atoms with Crippen LogP contribution in [0.1, 0.15) is 12.8 Å². The van der Waals surface area contributed by atoms with Gasteiger partial charge in [-0.25, -0.2) is 4.90 Å². The van der Waals surface area contributed by atoms with E-state index in [0.29, 0.717) is 17.9 Å². The first kappa shape index (κ1) is 9.80. The van der Waals surface area contributed by atoms with Crippen molar-refractivity contribution in [3.05, 3.63) is 0 Å². The zero-order chi connectivity index (χ0) is 9.19. The molecule has 1 atom stereocenters. The second-order valence-corrected chi connectivity index (χ2v) is 3.08. The molecule has 0 aliphatic carbocycles. The van der Waals surface area contributed by atoms with Gasteiger partial charge in [0.25, 0.3) is 0 Å². The highest BCUT2D eigenvalue weighted by Gasteiger charge is 2.38. The number of likely N-dealkylation sites (N-methyl/N-ethyl adjacent to an activating group) is 1. The molecule has 1 fully saturated rings. The second kappa shape index (κ2) is 3.62. The van der Waals surface area contributed by atoms with Crippen molar-refractivity contribution >= 4 is 0 Å². The Hall–Kier alpha value is -0.290. The summed E-state index contributed by atoms with van der Waals surface area (Å²) in [6.07, 6.45) is -2.74. The summed E-state index contributed by atoms with van der Waals surface area (Å²) in [4.78, 5) is 0.485. The molecule has 2 nitrogen and oxygen atoms in total. The van der Waals surface area contributed by atoms with E-state index < -0.39 is 12.3 Å². The molecule has 1 aliphatic rings. The molecule has 0 saturated carbocycles. The third-order valence-corrected chi connectivity index (χ3v) is 2.22. The monoisotopic (exact) mass is 182 g/mol. The van der Waals surface area contributed by atoms with Gasteiger partial charge in [0.2, 0.25) is 0 Å². The highest BCUT2D eigenvalue weighted by Crippen LogP contribution is 2.24. The van der Waals surface area contributed by atoms with E-state index in [1.54, 1.807) is 0 Å². The third-order valence-electron chi connectivity index (χ3n) is 2.22. The fourth-order valence-corrected chi connectivity index (χ4v) is 1.37. The highest BCUT2D eigenvalue weighted by molar-refractivity contribution is 4.77. The molecule has 0 aromatic heterocycles. The Morgan fingerprint density at radius 3 is 2.50 bits per heavy atom. The average molecular weight is 182 g/mol. The van der Waals surface area contributed by atoms with Crippen LogP contribution < -0.4 is 5.32 Å². The van der Waals surface area contributed by atoms with Crippen LogP contribution in [0.15, 0.2) is 0 Å². The van der Waals surface area contributed by atoms with Crippen LogP contribution in [0, 0.1) is 0 Å². The van der Waals surface area contributed by atoms with Crippen molar-refractivity contribution < 1.29 is 13.2 Å². The molecular weight excluding hydrogens is 169 g/mol. The van der Waals surface area contributed by atoms with Crippen molar-refractivity contribution in [1.29, 1.82) is 0 Å². The van der Waals surface area contributed by atoms with Crippen LogP contribution in [-0.2, 0) is 0 Å². The third kappa shape index (κ3) is 2.35. The number of piperidine rings is 1. The zero-order valence-electron chi connectivity index (χ0n) is 6.99. The van der Waals surface area contributed by atoms with Gasteiger partial charge in [-0.15, -0.1) is 0 Å². The van der Waals surface area contributed by atoms with Gasteiger partial charge in [0, 0.05) is 12.6 Å². The van der Waals surface area contributed by atoms with E-state index in [9.17, 15) is 13.2 Å². The number of hydrogen-bond donors (Lipinski definition) is 1. The lowest BCUT2D eigenvalue weighted by molar-refractivity contribution is -0.250. The molecule has 1 saturated heterocycles. The maximum atomic E-state index is 12.1. The zero-order valence-corrected chi connectivity index (χ0v) is 6.99. The van der Waals surface area contributed by atoms with Gasteiger partial charge in [-0.2, -0.15) is 13.2 Å². The predicted octanol–water partition coefficient (Wildman–Crippen LogP) is 1.19. The van der Waals surface area contributed by atoms with Gasteiger partial charge in [-0.05, 0) is 26.4 Å². The first-order chi connectivity index (χ1) is 5.52. The van der Waals surface area contributed by atoms with Gasteiger partial charge < -0.3 is 5.32 Å². The minimum atomic E-state index is -4.19. The minimum Gasteiger partial charge on any atom is -0.315 e. The van der Waals surface area contributed by atoms with Gasteiger partial charge in [-0.3, -0.25) is 0 Å². The van der Waals surface area contributed by atoms with Gasteiger partial charge in [0.1, 0.15) is 0 Å². The largest absolute Gasteiger partial charge is 0.459 e. The van der Waals surface area contributed by atoms with E-state index in [2.05, 4.69) is 5.32 Å². The van der Waals surface area contributed by atoms with Crippen LogP contribution >= 0.6 is 0 Å². The lowest BCUT2D eigenvalue weighted by Crippen LogP contribution is -2.49. The predicted molar refractivity (Wildman–Crippen MR) is 39.7 cm³/mol. The van der Waals surface area contributed by atoms with Crippen molar-refractivity contribution in [2.75, 3.05) is 20.1 Å². The first-order valence-electron chi connectivity index (χ1n) is 4.02. The van der Waals surface area contributed by atoms with Gasteiger partial charge in [0.15, 0.2) is 0 Å². The summed E-state index contributed by atoms with van der Waals surface area (Å²) in [5.74, 6) is 0. The molecule has 1 heterocycles. The van der Waals surface area contributed by atoms with E-state index in [-0.39, 0.29) is 0 Å². The Labute approximate surface area is 69.7 Å². The number of halogens is 3. The first-order valence-corrected chi connectivity index (χ1v) is 4.02. The quantitative estimate of drug-likeness (QED) is 0.613. The lowest BCUT2D eigenvalue weighted by Gasteiger charge is -2.32. The van der Waals surface area contributed by atoms with Crippen molar-refractivity contribution in [1.82, 2.24) is 10.2 Å². The van der Waals surface area contributed by atoms with Crippen LogP contribution in [0.5, 0.6) is 0 Å². The molecule has 72 valence electrons. The maximum absolute atomic E-state index is 12.1. The molecule has 0 amide bonds. The molecule has 5 heteroatoms. The molecule has 0 radical (unpaired) electrons. The number of alkyl halides is 3. The van der Waals surface area contributed by atoms with E-state index >= 15 is 0 Å². The molecule has 1 rings (SSSR count). The van der Waals surface area contributed by atoms with Gasteiger partial charge >= 0.3 is 6.30 Å². The number of hydrogen-bond acceptors (Lipinski definition) is 2. The molecule has 1 N–H and O–H groups in total. The molecule has 12 heavy (non-hydrogen) atoms. The Morgan fingerprint density at radius 2 is 2.08 bits per heavy atom. The lowest BCUT2D eigenvalue weighted by atomic mass is 10.1. The Kier molecular flexibility index (Phi) is 2.95.